The molecule has 1 unspecified atom stereocenters. The van der Waals surface area contributed by atoms with E-state index in [4.69, 9.17) is 0 Å². The Morgan fingerprint density at radius 2 is 2.12 bits per heavy atom. The molecule has 94 valence electrons. The molecule has 1 amide bonds. The summed E-state index contributed by atoms with van der Waals surface area (Å²) in [5.41, 5.74) is 0.165. The van der Waals surface area contributed by atoms with Crippen LogP contribution in [0.1, 0.15) is 0 Å². The quantitative estimate of drug-likeness (QED) is 0.740. The lowest BCUT2D eigenvalue weighted by Crippen LogP contribution is -2.30. The number of carbonyl (C=O) groups is 1. The van der Waals surface area contributed by atoms with Crippen LogP contribution in [-0.4, -0.2) is 35.2 Å². The molecule has 6 heteroatoms. The molecule has 17 heavy (non-hydrogen) atoms. The number of anilines is 1. The van der Waals surface area contributed by atoms with Gasteiger partial charge in [0.05, 0.1) is 12.2 Å². The second-order valence-corrected chi connectivity index (χ2v) is 5.04. The number of amides is 1. The van der Waals surface area contributed by atoms with E-state index in [1.165, 1.54) is 12.1 Å². The molecule has 1 aromatic rings. The lowest BCUT2D eigenvalue weighted by molar-refractivity contribution is -0.115. The SMILES string of the molecule is CS(=O)CCNCC(=O)Nc1ccccc1F. The van der Waals surface area contributed by atoms with Gasteiger partial charge in [-0.1, -0.05) is 12.1 Å². The minimum Gasteiger partial charge on any atom is -0.322 e. The summed E-state index contributed by atoms with van der Waals surface area (Å²) in [6, 6.07) is 5.98. The third-order valence-corrected chi connectivity index (χ3v) is 2.78. The Morgan fingerprint density at radius 3 is 2.76 bits per heavy atom. The number of carbonyl (C=O) groups excluding carboxylic acids is 1. The molecule has 0 fully saturated rings. The minimum atomic E-state index is -0.876. The van der Waals surface area contributed by atoms with Gasteiger partial charge in [0.2, 0.25) is 5.91 Å². The molecule has 0 spiro atoms. The van der Waals surface area contributed by atoms with E-state index in [-0.39, 0.29) is 18.1 Å². The van der Waals surface area contributed by atoms with Crippen LogP contribution in [0.25, 0.3) is 0 Å². The molecule has 0 aliphatic rings. The van der Waals surface area contributed by atoms with E-state index in [9.17, 15) is 13.4 Å². The van der Waals surface area contributed by atoms with Crippen molar-refractivity contribution >= 4 is 22.4 Å². The fourth-order valence-electron chi connectivity index (χ4n) is 1.17. The maximum atomic E-state index is 13.2. The van der Waals surface area contributed by atoms with Crippen molar-refractivity contribution in [1.29, 1.82) is 0 Å². The zero-order valence-electron chi connectivity index (χ0n) is 9.53. The predicted octanol–water partition coefficient (Wildman–Crippen LogP) is 0.732. The number of rotatable bonds is 6. The first-order chi connectivity index (χ1) is 8.09. The lowest BCUT2D eigenvalue weighted by Gasteiger charge is -2.06. The Hall–Kier alpha value is -1.27. The van der Waals surface area contributed by atoms with Crippen LogP contribution < -0.4 is 10.6 Å². The fraction of sp³-hybridized carbons (Fsp3) is 0.364. The van der Waals surface area contributed by atoms with Gasteiger partial charge in [0.15, 0.2) is 0 Å². The first-order valence-electron chi connectivity index (χ1n) is 5.14. The van der Waals surface area contributed by atoms with Crippen LogP contribution in [0.2, 0.25) is 0 Å². The zero-order valence-corrected chi connectivity index (χ0v) is 10.3. The largest absolute Gasteiger partial charge is 0.322 e. The second-order valence-electron chi connectivity index (χ2n) is 3.48. The normalized spacial score (nSPS) is 12.1. The summed E-state index contributed by atoms with van der Waals surface area (Å²) in [5, 5.41) is 5.27. The summed E-state index contributed by atoms with van der Waals surface area (Å²) < 4.78 is 23.9. The fourth-order valence-corrected chi connectivity index (χ4v) is 1.61. The van der Waals surface area contributed by atoms with Gasteiger partial charge < -0.3 is 10.6 Å². The molecule has 0 radical (unpaired) electrons. The Balaban J connectivity index is 2.30. The van der Waals surface area contributed by atoms with Gasteiger partial charge >= 0.3 is 0 Å². The molecule has 0 aliphatic carbocycles. The Labute approximate surface area is 102 Å². The summed E-state index contributed by atoms with van der Waals surface area (Å²) in [4.78, 5) is 11.4. The van der Waals surface area contributed by atoms with Gasteiger partial charge in [-0.15, -0.1) is 0 Å². The van der Waals surface area contributed by atoms with Crippen LogP contribution in [0.4, 0.5) is 10.1 Å². The lowest BCUT2D eigenvalue weighted by atomic mass is 10.3. The van der Waals surface area contributed by atoms with Gasteiger partial charge in [-0.2, -0.15) is 0 Å². The van der Waals surface area contributed by atoms with Crippen LogP contribution in [0.15, 0.2) is 24.3 Å². The monoisotopic (exact) mass is 258 g/mol. The van der Waals surface area contributed by atoms with E-state index in [1.54, 1.807) is 18.4 Å². The van der Waals surface area contributed by atoms with Crippen molar-refractivity contribution in [2.24, 2.45) is 0 Å². The van der Waals surface area contributed by atoms with Crippen molar-refractivity contribution in [1.82, 2.24) is 5.32 Å². The van der Waals surface area contributed by atoms with Gasteiger partial charge in [0, 0.05) is 29.4 Å². The van der Waals surface area contributed by atoms with Crippen molar-refractivity contribution in [2.75, 3.05) is 30.4 Å². The standard InChI is InChI=1S/C11H15FN2O2S/c1-17(16)7-6-13-8-11(15)14-10-5-3-2-4-9(10)12/h2-5,13H,6-8H2,1H3,(H,14,15). The molecule has 0 saturated heterocycles. The number of hydrogen-bond donors (Lipinski definition) is 2. The number of halogens is 1. The van der Waals surface area contributed by atoms with Gasteiger partial charge in [-0.3, -0.25) is 9.00 Å². The van der Waals surface area contributed by atoms with E-state index >= 15 is 0 Å². The highest BCUT2D eigenvalue weighted by Crippen LogP contribution is 2.11. The minimum absolute atomic E-state index is 0.0749. The molecule has 4 nitrogen and oxygen atoms in total. The maximum absolute atomic E-state index is 13.2. The molecular formula is C11H15FN2O2S. The highest BCUT2D eigenvalue weighted by molar-refractivity contribution is 7.84. The average Bonchev–Trinajstić information content (AvgIpc) is 2.27. The molecule has 2 N–H and O–H groups in total. The average molecular weight is 258 g/mol. The number of para-hydroxylation sites is 1. The van der Waals surface area contributed by atoms with E-state index < -0.39 is 16.6 Å². The van der Waals surface area contributed by atoms with Crippen LogP contribution in [0, 0.1) is 5.82 Å². The van der Waals surface area contributed by atoms with Crippen LogP contribution in [-0.2, 0) is 15.6 Å². The summed E-state index contributed by atoms with van der Waals surface area (Å²) in [7, 11) is -0.876. The molecule has 1 atom stereocenters. The van der Waals surface area contributed by atoms with Gasteiger partial charge in [0.1, 0.15) is 5.82 Å². The van der Waals surface area contributed by atoms with Crippen molar-refractivity contribution in [3.63, 3.8) is 0 Å². The van der Waals surface area contributed by atoms with Gasteiger partial charge in [-0.05, 0) is 12.1 Å². The summed E-state index contributed by atoms with van der Waals surface area (Å²) in [6.07, 6.45) is 1.60. The van der Waals surface area contributed by atoms with Crippen LogP contribution >= 0.6 is 0 Å². The van der Waals surface area contributed by atoms with Crippen molar-refractivity contribution < 1.29 is 13.4 Å². The Bertz CT molecular complexity index is 412. The van der Waals surface area contributed by atoms with Crippen molar-refractivity contribution in [2.45, 2.75) is 0 Å². The van der Waals surface area contributed by atoms with E-state index in [1.807, 2.05) is 0 Å². The molecule has 0 bridgehead atoms. The van der Waals surface area contributed by atoms with E-state index in [2.05, 4.69) is 10.6 Å². The van der Waals surface area contributed by atoms with E-state index in [0.717, 1.165) is 0 Å². The van der Waals surface area contributed by atoms with Gasteiger partial charge in [-0.25, -0.2) is 4.39 Å². The summed E-state index contributed by atoms with van der Waals surface area (Å²) in [5.74, 6) is -0.292. The third kappa shape index (κ3) is 5.55. The Morgan fingerprint density at radius 1 is 1.41 bits per heavy atom. The molecule has 0 heterocycles. The van der Waals surface area contributed by atoms with Crippen LogP contribution in [0.3, 0.4) is 0 Å². The Kier molecular flexibility index (Phi) is 5.79. The summed E-state index contributed by atoms with van der Waals surface area (Å²) >= 11 is 0. The second kappa shape index (κ2) is 7.13. The van der Waals surface area contributed by atoms with Crippen molar-refractivity contribution in [3.8, 4) is 0 Å². The molecular weight excluding hydrogens is 243 g/mol. The van der Waals surface area contributed by atoms with Crippen LogP contribution in [0.5, 0.6) is 0 Å². The molecule has 1 aromatic carbocycles. The first kappa shape index (κ1) is 13.8. The first-order valence-corrected chi connectivity index (χ1v) is 6.87. The third-order valence-electron chi connectivity index (χ3n) is 2.00. The van der Waals surface area contributed by atoms with Crippen molar-refractivity contribution in [3.05, 3.63) is 30.1 Å². The zero-order chi connectivity index (χ0) is 12.7. The molecule has 0 aliphatic heterocycles. The molecule has 0 aromatic heterocycles. The predicted molar refractivity (Wildman–Crippen MR) is 66.8 cm³/mol. The molecule has 0 saturated carbocycles. The topological polar surface area (TPSA) is 58.2 Å². The number of hydrogen-bond acceptors (Lipinski definition) is 3. The maximum Gasteiger partial charge on any atom is 0.238 e. The summed E-state index contributed by atoms with van der Waals surface area (Å²) in [6.45, 7) is 0.569. The van der Waals surface area contributed by atoms with Gasteiger partial charge in [0.25, 0.3) is 0 Å². The van der Waals surface area contributed by atoms with E-state index in [0.29, 0.717) is 12.3 Å². The highest BCUT2D eigenvalue weighted by Gasteiger charge is 2.05. The number of benzene rings is 1. The number of nitrogens with one attached hydrogen (secondary N) is 2. The smallest absolute Gasteiger partial charge is 0.238 e. The highest BCUT2D eigenvalue weighted by atomic mass is 32.2. The molecule has 1 rings (SSSR count).